The highest BCUT2D eigenvalue weighted by Gasteiger charge is 2.31. The minimum absolute atomic E-state index is 0.166. The minimum atomic E-state index is -4.36. The summed E-state index contributed by atoms with van der Waals surface area (Å²) in [5.41, 5.74) is 1.92. The molecule has 2 nitrogen and oxygen atoms in total. The van der Waals surface area contributed by atoms with Gasteiger partial charge in [0.1, 0.15) is 0 Å². The van der Waals surface area contributed by atoms with Crippen molar-refractivity contribution in [2.75, 3.05) is 11.9 Å². The number of amides is 1. The number of anilines is 1. The highest BCUT2D eigenvalue weighted by Crippen LogP contribution is 2.36. The molecule has 0 unspecified atom stereocenters. The van der Waals surface area contributed by atoms with E-state index >= 15 is 0 Å². The summed E-state index contributed by atoms with van der Waals surface area (Å²) in [4.78, 5) is 13.8. The summed E-state index contributed by atoms with van der Waals surface area (Å²) in [6, 6.07) is 12.1. The van der Waals surface area contributed by atoms with E-state index in [4.69, 9.17) is 0 Å². The van der Waals surface area contributed by atoms with Gasteiger partial charge in [0.2, 0.25) is 0 Å². The third kappa shape index (κ3) is 2.39. The molecule has 0 saturated carbocycles. The molecule has 1 aliphatic heterocycles. The molecule has 0 aliphatic carbocycles. The molecule has 2 aromatic rings. The maximum Gasteiger partial charge on any atom is 0.416 e. The summed E-state index contributed by atoms with van der Waals surface area (Å²) in [6.07, 6.45) is -2.74. The van der Waals surface area contributed by atoms with Gasteiger partial charge < -0.3 is 4.90 Å². The maximum atomic E-state index is 12.6. The van der Waals surface area contributed by atoms with Crippen LogP contribution in [0.15, 0.2) is 48.5 Å². The molecule has 22 heavy (non-hydrogen) atoms. The third-order valence-corrected chi connectivity index (χ3v) is 3.64. The number of alkyl halides is 3. The van der Waals surface area contributed by atoms with Crippen molar-refractivity contribution >= 4 is 23.2 Å². The van der Waals surface area contributed by atoms with Gasteiger partial charge in [0.25, 0.3) is 5.91 Å². The van der Waals surface area contributed by atoms with Gasteiger partial charge in [-0.3, -0.25) is 4.79 Å². The Labute approximate surface area is 125 Å². The van der Waals surface area contributed by atoms with Crippen molar-refractivity contribution in [2.45, 2.75) is 6.18 Å². The summed E-state index contributed by atoms with van der Waals surface area (Å²) >= 11 is 0. The van der Waals surface area contributed by atoms with Crippen LogP contribution in [0.25, 0.3) is 11.6 Å². The highest BCUT2D eigenvalue weighted by atomic mass is 19.4. The van der Waals surface area contributed by atoms with Crippen LogP contribution in [0.2, 0.25) is 0 Å². The van der Waals surface area contributed by atoms with Crippen molar-refractivity contribution in [3.8, 4) is 0 Å². The first-order valence-electron chi connectivity index (χ1n) is 6.64. The molecule has 5 heteroatoms. The van der Waals surface area contributed by atoms with E-state index in [2.05, 4.69) is 0 Å². The van der Waals surface area contributed by atoms with Gasteiger partial charge in [-0.2, -0.15) is 13.2 Å². The Kier molecular flexibility index (Phi) is 3.28. The van der Waals surface area contributed by atoms with Gasteiger partial charge in [-0.05, 0) is 29.8 Å². The standard InChI is InChI=1S/C17H12F3NO/c1-21-15-5-3-2-4-13(15)14(16(21)22)10-11-6-8-12(9-7-11)17(18,19)20/h2-10H,1H3/b14-10+. The first kappa shape index (κ1) is 14.4. The van der Waals surface area contributed by atoms with Crippen LogP contribution in [0.1, 0.15) is 16.7 Å². The van der Waals surface area contributed by atoms with Gasteiger partial charge in [0.15, 0.2) is 0 Å². The van der Waals surface area contributed by atoms with E-state index in [9.17, 15) is 18.0 Å². The van der Waals surface area contributed by atoms with Crippen molar-refractivity contribution in [1.29, 1.82) is 0 Å². The smallest absolute Gasteiger partial charge is 0.311 e. The van der Waals surface area contributed by atoms with Crippen LogP contribution in [-0.2, 0) is 11.0 Å². The number of nitrogens with zero attached hydrogens (tertiary/aromatic N) is 1. The lowest BCUT2D eigenvalue weighted by atomic mass is 10.0. The SMILES string of the molecule is CN1C(=O)/C(=C/c2ccc(C(F)(F)F)cc2)c2ccccc21. The Morgan fingerprint density at radius 2 is 1.64 bits per heavy atom. The molecule has 1 aliphatic rings. The van der Waals surface area contributed by atoms with E-state index in [0.29, 0.717) is 11.1 Å². The molecule has 0 saturated heterocycles. The molecular weight excluding hydrogens is 291 g/mol. The summed E-state index contributed by atoms with van der Waals surface area (Å²) in [5.74, 6) is -0.166. The van der Waals surface area contributed by atoms with E-state index in [1.807, 2.05) is 24.3 Å². The lowest BCUT2D eigenvalue weighted by molar-refractivity contribution is -0.137. The van der Waals surface area contributed by atoms with Crippen LogP contribution in [0.5, 0.6) is 0 Å². The largest absolute Gasteiger partial charge is 0.416 e. The predicted octanol–water partition coefficient (Wildman–Crippen LogP) is 4.22. The molecular formula is C17H12F3NO. The Morgan fingerprint density at radius 3 is 2.27 bits per heavy atom. The zero-order chi connectivity index (χ0) is 15.9. The molecule has 1 amide bonds. The number of halogens is 3. The molecule has 3 rings (SSSR count). The molecule has 0 aromatic heterocycles. The number of fused-ring (bicyclic) bond motifs is 1. The average molecular weight is 303 g/mol. The summed E-state index contributed by atoms with van der Waals surface area (Å²) in [6.45, 7) is 0. The zero-order valence-corrected chi connectivity index (χ0v) is 11.7. The lowest BCUT2D eigenvalue weighted by Gasteiger charge is -2.08. The van der Waals surface area contributed by atoms with Crippen LogP contribution in [0.4, 0.5) is 18.9 Å². The van der Waals surface area contributed by atoms with Gasteiger partial charge in [-0.25, -0.2) is 0 Å². The van der Waals surface area contributed by atoms with Crippen molar-refractivity contribution in [3.63, 3.8) is 0 Å². The Morgan fingerprint density at radius 1 is 1.00 bits per heavy atom. The minimum Gasteiger partial charge on any atom is -0.311 e. The number of para-hydroxylation sites is 1. The fraction of sp³-hybridized carbons (Fsp3) is 0.118. The van der Waals surface area contributed by atoms with Crippen LogP contribution < -0.4 is 4.90 Å². The predicted molar refractivity (Wildman–Crippen MR) is 79.2 cm³/mol. The number of likely N-dealkylation sites (N-methyl/N-ethyl adjacent to an activating group) is 1. The van der Waals surface area contributed by atoms with Gasteiger partial charge in [0, 0.05) is 18.2 Å². The molecule has 0 atom stereocenters. The average Bonchev–Trinajstić information content (AvgIpc) is 2.73. The topological polar surface area (TPSA) is 20.3 Å². The molecule has 0 fully saturated rings. The second-order valence-corrected chi connectivity index (χ2v) is 5.06. The fourth-order valence-electron chi connectivity index (χ4n) is 2.47. The van der Waals surface area contributed by atoms with Crippen LogP contribution >= 0.6 is 0 Å². The molecule has 0 N–H and O–H groups in total. The van der Waals surface area contributed by atoms with Crippen LogP contribution in [0.3, 0.4) is 0 Å². The number of carbonyl (C=O) groups excluding carboxylic acids is 1. The maximum absolute atomic E-state index is 12.6. The van der Waals surface area contributed by atoms with Crippen molar-refractivity contribution in [1.82, 2.24) is 0 Å². The monoisotopic (exact) mass is 303 g/mol. The summed E-state index contributed by atoms with van der Waals surface area (Å²) in [7, 11) is 1.68. The molecule has 0 bridgehead atoms. The Bertz CT molecular complexity index is 760. The Balaban J connectivity index is 2.01. The fourth-order valence-corrected chi connectivity index (χ4v) is 2.47. The van der Waals surface area contributed by atoms with Crippen LogP contribution in [0, 0.1) is 0 Å². The number of hydrogen-bond acceptors (Lipinski definition) is 1. The normalized spacial score (nSPS) is 16.3. The van der Waals surface area contributed by atoms with Crippen LogP contribution in [-0.4, -0.2) is 13.0 Å². The van der Waals surface area contributed by atoms with Crippen molar-refractivity contribution in [3.05, 3.63) is 65.2 Å². The van der Waals surface area contributed by atoms with Gasteiger partial charge >= 0.3 is 6.18 Å². The van der Waals surface area contributed by atoms with E-state index < -0.39 is 11.7 Å². The van der Waals surface area contributed by atoms with E-state index in [0.717, 1.165) is 23.4 Å². The number of benzene rings is 2. The van der Waals surface area contributed by atoms with Gasteiger partial charge in [0.05, 0.1) is 11.3 Å². The molecule has 0 spiro atoms. The molecule has 1 heterocycles. The third-order valence-electron chi connectivity index (χ3n) is 3.64. The number of rotatable bonds is 1. The molecule has 0 radical (unpaired) electrons. The molecule has 2 aromatic carbocycles. The van der Waals surface area contributed by atoms with Gasteiger partial charge in [-0.15, -0.1) is 0 Å². The van der Waals surface area contributed by atoms with E-state index in [1.54, 1.807) is 13.1 Å². The van der Waals surface area contributed by atoms with Gasteiger partial charge in [-0.1, -0.05) is 30.3 Å². The summed E-state index contributed by atoms with van der Waals surface area (Å²) in [5, 5.41) is 0. The first-order chi connectivity index (χ1) is 10.4. The highest BCUT2D eigenvalue weighted by molar-refractivity contribution is 6.35. The van der Waals surface area contributed by atoms with Crippen molar-refractivity contribution in [2.24, 2.45) is 0 Å². The first-order valence-corrected chi connectivity index (χ1v) is 6.64. The van der Waals surface area contributed by atoms with E-state index in [1.165, 1.54) is 17.0 Å². The second-order valence-electron chi connectivity index (χ2n) is 5.06. The second kappa shape index (κ2) is 5.02. The Hall–Kier alpha value is -2.56. The lowest BCUT2D eigenvalue weighted by Crippen LogP contribution is -2.20. The molecule has 112 valence electrons. The van der Waals surface area contributed by atoms with E-state index in [-0.39, 0.29) is 5.91 Å². The summed E-state index contributed by atoms with van der Waals surface area (Å²) < 4.78 is 37.7. The van der Waals surface area contributed by atoms with Crippen molar-refractivity contribution < 1.29 is 18.0 Å². The number of hydrogen-bond donors (Lipinski definition) is 0. The number of carbonyl (C=O) groups is 1. The quantitative estimate of drug-likeness (QED) is 0.722. The zero-order valence-electron chi connectivity index (χ0n) is 11.7.